The Hall–Kier alpha value is -2.20. The molecule has 0 aliphatic heterocycles. The number of halogens is 3. The van der Waals surface area contributed by atoms with Gasteiger partial charge in [0.25, 0.3) is 0 Å². The number of benzene rings is 1. The molecule has 108 valence electrons. The maximum absolute atomic E-state index is 12.3. The van der Waals surface area contributed by atoms with Gasteiger partial charge in [-0.15, -0.1) is 19.6 Å². The molecule has 0 saturated carbocycles. The average molecular weight is 287 g/mol. The molecule has 0 amide bonds. The van der Waals surface area contributed by atoms with E-state index >= 15 is 0 Å². The molecule has 1 rings (SSSR count). The molecular formula is C13H12F3NO3. The van der Waals surface area contributed by atoms with Gasteiger partial charge in [0, 0.05) is 5.56 Å². The van der Waals surface area contributed by atoms with Crippen LogP contribution >= 0.6 is 0 Å². The van der Waals surface area contributed by atoms with Gasteiger partial charge in [0.2, 0.25) is 0 Å². The third-order valence-corrected chi connectivity index (χ3v) is 2.30. The van der Waals surface area contributed by atoms with Crippen LogP contribution in [0.25, 0.3) is 0 Å². The van der Waals surface area contributed by atoms with Gasteiger partial charge in [-0.2, -0.15) is 0 Å². The predicted molar refractivity (Wildman–Crippen MR) is 64.7 cm³/mol. The van der Waals surface area contributed by atoms with Crippen molar-refractivity contribution in [3.05, 3.63) is 29.8 Å². The first-order valence-corrected chi connectivity index (χ1v) is 5.48. The summed E-state index contributed by atoms with van der Waals surface area (Å²) in [6.45, 7) is -0.0138. The van der Waals surface area contributed by atoms with Crippen LogP contribution < -0.4 is 10.1 Å². The molecule has 0 fully saturated rings. The molecule has 0 heterocycles. The quantitative estimate of drug-likeness (QED) is 0.665. The van der Waals surface area contributed by atoms with Crippen molar-refractivity contribution < 1.29 is 27.4 Å². The molecule has 1 unspecified atom stereocenters. The third kappa shape index (κ3) is 4.48. The standard InChI is InChI=1S/C13H12F3NO3/c1-3-8-17-11(12(18)19-2)9-6-4-5-7-10(9)20-13(14,15)16/h1,4-7,11,17H,8H2,2H3. The van der Waals surface area contributed by atoms with E-state index in [1.54, 1.807) is 0 Å². The Bertz CT molecular complexity index is 508. The number of hydrogen-bond acceptors (Lipinski definition) is 4. The number of hydrogen-bond donors (Lipinski definition) is 1. The first kappa shape index (κ1) is 15.9. The number of rotatable bonds is 5. The summed E-state index contributed by atoms with van der Waals surface area (Å²) in [5.74, 6) is 0.981. The monoisotopic (exact) mass is 287 g/mol. The number of alkyl halides is 3. The second-order valence-electron chi connectivity index (χ2n) is 3.63. The van der Waals surface area contributed by atoms with E-state index in [1.165, 1.54) is 18.2 Å². The summed E-state index contributed by atoms with van der Waals surface area (Å²) < 4.78 is 45.4. The maximum Gasteiger partial charge on any atom is 0.573 e. The molecular weight excluding hydrogens is 275 g/mol. The highest BCUT2D eigenvalue weighted by molar-refractivity contribution is 5.78. The van der Waals surface area contributed by atoms with Crippen molar-refractivity contribution in [2.45, 2.75) is 12.4 Å². The molecule has 0 aliphatic carbocycles. The van der Waals surface area contributed by atoms with Crippen LogP contribution in [0.4, 0.5) is 13.2 Å². The number of esters is 1. The fourth-order valence-electron chi connectivity index (χ4n) is 1.54. The van der Waals surface area contributed by atoms with Crippen LogP contribution in [0.5, 0.6) is 5.75 Å². The van der Waals surface area contributed by atoms with Crippen LogP contribution in [0.3, 0.4) is 0 Å². The Balaban J connectivity index is 3.12. The van der Waals surface area contributed by atoms with Crippen LogP contribution in [0.2, 0.25) is 0 Å². The zero-order chi connectivity index (χ0) is 15.2. The minimum atomic E-state index is -4.86. The predicted octanol–water partition coefficient (Wildman–Crippen LogP) is 2.02. The van der Waals surface area contributed by atoms with Crippen molar-refractivity contribution in [1.82, 2.24) is 5.32 Å². The molecule has 1 N–H and O–H groups in total. The van der Waals surface area contributed by atoms with Gasteiger partial charge >= 0.3 is 12.3 Å². The molecule has 0 radical (unpaired) electrons. The van der Waals surface area contributed by atoms with E-state index in [0.29, 0.717) is 0 Å². The largest absolute Gasteiger partial charge is 0.573 e. The summed E-state index contributed by atoms with van der Waals surface area (Å²) >= 11 is 0. The van der Waals surface area contributed by atoms with Crippen LogP contribution in [0.1, 0.15) is 11.6 Å². The molecule has 1 atom stereocenters. The first-order valence-electron chi connectivity index (χ1n) is 5.48. The third-order valence-electron chi connectivity index (χ3n) is 2.30. The number of methoxy groups -OCH3 is 1. The van der Waals surface area contributed by atoms with Gasteiger partial charge in [-0.3, -0.25) is 5.32 Å². The minimum absolute atomic E-state index is 0.00748. The first-order chi connectivity index (χ1) is 9.39. The highest BCUT2D eigenvalue weighted by Crippen LogP contribution is 2.30. The smallest absolute Gasteiger partial charge is 0.468 e. The minimum Gasteiger partial charge on any atom is -0.468 e. The Morgan fingerprint density at radius 3 is 2.65 bits per heavy atom. The van der Waals surface area contributed by atoms with Gasteiger partial charge < -0.3 is 9.47 Å². The summed E-state index contributed by atoms with van der Waals surface area (Å²) in [5.41, 5.74) is -0.00748. The molecule has 0 aromatic heterocycles. The lowest BCUT2D eigenvalue weighted by Gasteiger charge is -2.19. The molecule has 7 heteroatoms. The zero-order valence-corrected chi connectivity index (χ0v) is 10.5. The van der Waals surface area contributed by atoms with Crippen molar-refractivity contribution in [2.24, 2.45) is 0 Å². The van der Waals surface area contributed by atoms with Crippen LogP contribution in [0, 0.1) is 12.3 Å². The van der Waals surface area contributed by atoms with Crippen LogP contribution in [0.15, 0.2) is 24.3 Å². The molecule has 0 aliphatic rings. The van der Waals surface area contributed by atoms with E-state index in [1.807, 2.05) is 0 Å². The average Bonchev–Trinajstić information content (AvgIpc) is 2.38. The second kappa shape index (κ2) is 6.82. The molecule has 4 nitrogen and oxygen atoms in total. The molecule has 0 saturated heterocycles. The van der Waals surface area contributed by atoms with Crippen molar-refractivity contribution in [2.75, 3.05) is 13.7 Å². The number of para-hydroxylation sites is 1. The summed E-state index contributed by atoms with van der Waals surface area (Å²) in [6, 6.07) is 4.13. The fraction of sp³-hybridized carbons (Fsp3) is 0.308. The van der Waals surface area contributed by atoms with E-state index < -0.39 is 24.1 Å². The van der Waals surface area contributed by atoms with Crippen LogP contribution in [-0.4, -0.2) is 26.0 Å². The number of nitrogens with one attached hydrogen (secondary N) is 1. The summed E-state index contributed by atoms with van der Waals surface area (Å²) in [6.07, 6.45) is 0.202. The topological polar surface area (TPSA) is 47.6 Å². The Labute approximate surface area is 113 Å². The van der Waals surface area contributed by atoms with Crippen molar-refractivity contribution >= 4 is 5.97 Å². The SMILES string of the molecule is C#CCNC(C(=O)OC)c1ccccc1OC(F)(F)F. The molecule has 0 spiro atoms. The van der Waals surface area contributed by atoms with Gasteiger partial charge in [-0.25, -0.2) is 4.79 Å². The second-order valence-corrected chi connectivity index (χ2v) is 3.63. The van der Waals surface area contributed by atoms with Gasteiger partial charge in [-0.05, 0) is 6.07 Å². The Kier molecular flexibility index (Phi) is 5.41. The van der Waals surface area contributed by atoms with E-state index in [4.69, 9.17) is 6.42 Å². The highest BCUT2D eigenvalue weighted by Gasteiger charge is 2.34. The van der Waals surface area contributed by atoms with Crippen molar-refractivity contribution in [3.63, 3.8) is 0 Å². The Morgan fingerprint density at radius 2 is 2.10 bits per heavy atom. The summed E-state index contributed by atoms with van der Waals surface area (Å²) in [7, 11) is 1.13. The molecule has 1 aromatic carbocycles. The van der Waals surface area contributed by atoms with E-state index in [-0.39, 0.29) is 12.1 Å². The van der Waals surface area contributed by atoms with Gasteiger partial charge in [0.1, 0.15) is 11.8 Å². The normalized spacial score (nSPS) is 12.3. The van der Waals surface area contributed by atoms with Crippen molar-refractivity contribution in [1.29, 1.82) is 0 Å². The lowest BCUT2D eigenvalue weighted by Crippen LogP contribution is -2.31. The lowest BCUT2D eigenvalue weighted by atomic mass is 10.1. The summed E-state index contributed by atoms with van der Waals surface area (Å²) in [4.78, 5) is 11.6. The van der Waals surface area contributed by atoms with Gasteiger partial charge in [-0.1, -0.05) is 24.1 Å². The van der Waals surface area contributed by atoms with Gasteiger partial charge in [0.05, 0.1) is 13.7 Å². The number of ether oxygens (including phenoxy) is 2. The maximum atomic E-state index is 12.3. The van der Waals surface area contributed by atoms with Gasteiger partial charge in [0.15, 0.2) is 0 Å². The van der Waals surface area contributed by atoms with E-state index in [2.05, 4.69) is 20.7 Å². The zero-order valence-electron chi connectivity index (χ0n) is 10.5. The van der Waals surface area contributed by atoms with E-state index in [9.17, 15) is 18.0 Å². The fourth-order valence-corrected chi connectivity index (χ4v) is 1.54. The molecule has 0 bridgehead atoms. The van der Waals surface area contributed by atoms with Crippen molar-refractivity contribution in [3.8, 4) is 18.1 Å². The van der Waals surface area contributed by atoms with Crippen LogP contribution in [-0.2, 0) is 9.53 Å². The number of carbonyl (C=O) groups excluding carboxylic acids is 1. The Morgan fingerprint density at radius 1 is 1.45 bits per heavy atom. The number of carbonyl (C=O) groups is 1. The molecule has 1 aromatic rings. The summed E-state index contributed by atoms with van der Waals surface area (Å²) in [5, 5.41) is 2.60. The lowest BCUT2D eigenvalue weighted by molar-refractivity contribution is -0.275. The van der Waals surface area contributed by atoms with E-state index in [0.717, 1.165) is 13.2 Å². The molecule has 20 heavy (non-hydrogen) atoms. The number of terminal acetylenes is 1. The highest BCUT2D eigenvalue weighted by atomic mass is 19.4.